The van der Waals surface area contributed by atoms with Crippen LogP contribution in [0.4, 0.5) is 0 Å². The quantitative estimate of drug-likeness (QED) is 0.549. The topological polar surface area (TPSA) is 49.1 Å². The van der Waals surface area contributed by atoms with E-state index in [-0.39, 0.29) is 24.6 Å². The first-order valence-electron chi connectivity index (χ1n) is 5.37. The van der Waals surface area contributed by atoms with Gasteiger partial charge in [-0.25, -0.2) is 4.98 Å². The van der Waals surface area contributed by atoms with Crippen molar-refractivity contribution in [2.75, 3.05) is 0 Å². The van der Waals surface area contributed by atoms with E-state index in [1.807, 2.05) is 25.1 Å². The Morgan fingerprint density at radius 2 is 1.89 bits per heavy atom. The fourth-order valence-corrected chi connectivity index (χ4v) is 1.79. The molecule has 4 heteroatoms. The van der Waals surface area contributed by atoms with Crippen molar-refractivity contribution < 1.29 is 28.4 Å². The van der Waals surface area contributed by atoms with Crippen LogP contribution in [0.1, 0.15) is 5.56 Å². The van der Waals surface area contributed by atoms with Crippen LogP contribution in [-0.2, 0) is 0 Å². The Morgan fingerprint density at radius 1 is 1.11 bits per heavy atom. The number of nitrogens with zero attached hydrogens (tertiary/aromatic N) is 1. The zero-order chi connectivity index (χ0) is 11.8. The SMILES string of the molecule is Cc1ccc2nc(-c3ccccc3[O-])oc2c1.[Li+]. The second kappa shape index (κ2) is 4.89. The van der Waals surface area contributed by atoms with E-state index < -0.39 is 0 Å². The van der Waals surface area contributed by atoms with E-state index in [1.54, 1.807) is 18.2 Å². The fraction of sp³-hybridized carbons (Fsp3) is 0.0714. The van der Waals surface area contributed by atoms with Crippen LogP contribution in [0, 0.1) is 6.92 Å². The van der Waals surface area contributed by atoms with Crippen LogP contribution in [0.2, 0.25) is 0 Å². The van der Waals surface area contributed by atoms with Crippen LogP contribution in [0.15, 0.2) is 46.9 Å². The molecule has 18 heavy (non-hydrogen) atoms. The van der Waals surface area contributed by atoms with Crippen molar-refractivity contribution in [2.24, 2.45) is 0 Å². The molecular formula is C14H10LiNO2. The van der Waals surface area contributed by atoms with Gasteiger partial charge in [0.15, 0.2) is 5.58 Å². The minimum atomic E-state index is -0.0734. The molecule has 3 aromatic rings. The Hall–Kier alpha value is -1.69. The number of oxazole rings is 1. The molecule has 3 nitrogen and oxygen atoms in total. The van der Waals surface area contributed by atoms with E-state index >= 15 is 0 Å². The summed E-state index contributed by atoms with van der Waals surface area (Å²) >= 11 is 0. The fourth-order valence-electron chi connectivity index (χ4n) is 1.79. The molecule has 0 aliphatic heterocycles. The van der Waals surface area contributed by atoms with Gasteiger partial charge < -0.3 is 9.52 Å². The third-order valence-electron chi connectivity index (χ3n) is 2.66. The molecule has 0 N–H and O–H groups in total. The van der Waals surface area contributed by atoms with E-state index in [4.69, 9.17) is 4.42 Å². The number of para-hydroxylation sites is 1. The van der Waals surface area contributed by atoms with Crippen LogP contribution in [0.5, 0.6) is 5.75 Å². The van der Waals surface area contributed by atoms with Crippen molar-refractivity contribution in [3.05, 3.63) is 48.0 Å². The first-order chi connectivity index (χ1) is 8.24. The molecule has 1 aromatic heterocycles. The molecular weight excluding hydrogens is 221 g/mol. The molecule has 3 rings (SSSR count). The number of aromatic nitrogens is 1. The summed E-state index contributed by atoms with van der Waals surface area (Å²) in [7, 11) is 0. The average Bonchev–Trinajstić information content (AvgIpc) is 2.72. The third-order valence-corrected chi connectivity index (χ3v) is 2.66. The molecule has 0 radical (unpaired) electrons. The molecule has 0 saturated heterocycles. The Bertz CT molecular complexity index is 691. The maximum Gasteiger partial charge on any atom is 1.00 e. The van der Waals surface area contributed by atoms with Crippen LogP contribution >= 0.6 is 0 Å². The van der Waals surface area contributed by atoms with Gasteiger partial charge in [-0.05, 0) is 24.6 Å². The number of benzene rings is 2. The van der Waals surface area contributed by atoms with E-state index in [1.165, 1.54) is 6.07 Å². The van der Waals surface area contributed by atoms with Crippen LogP contribution < -0.4 is 24.0 Å². The predicted octanol–water partition coefficient (Wildman–Crippen LogP) is -0.119. The summed E-state index contributed by atoms with van der Waals surface area (Å²) in [6.45, 7) is 1.99. The molecule has 0 spiro atoms. The first kappa shape index (κ1) is 12.8. The van der Waals surface area contributed by atoms with E-state index in [9.17, 15) is 5.11 Å². The summed E-state index contributed by atoms with van der Waals surface area (Å²) in [6, 6.07) is 12.5. The molecule has 1 heterocycles. The van der Waals surface area contributed by atoms with Gasteiger partial charge in [-0.15, -0.1) is 0 Å². The van der Waals surface area contributed by atoms with Gasteiger partial charge in [-0.3, -0.25) is 0 Å². The molecule has 0 bridgehead atoms. The Kier molecular flexibility index (Phi) is 3.47. The van der Waals surface area contributed by atoms with E-state index in [0.717, 1.165) is 11.1 Å². The van der Waals surface area contributed by atoms with Crippen molar-refractivity contribution in [1.82, 2.24) is 4.98 Å². The zero-order valence-corrected chi connectivity index (χ0v) is 10.3. The summed E-state index contributed by atoms with van der Waals surface area (Å²) in [5.74, 6) is 0.312. The monoisotopic (exact) mass is 231 g/mol. The zero-order valence-electron chi connectivity index (χ0n) is 10.3. The molecule has 0 amide bonds. The molecule has 84 valence electrons. The number of hydrogen-bond acceptors (Lipinski definition) is 3. The number of hydrogen-bond donors (Lipinski definition) is 0. The van der Waals surface area contributed by atoms with Crippen LogP contribution in [0.25, 0.3) is 22.6 Å². The standard InChI is InChI=1S/C14H11NO2.Li/c1-9-6-7-11-13(8-9)17-14(15-11)10-4-2-3-5-12(10)16;/h2-8,16H,1H3;/q;+1/p-1. The first-order valence-corrected chi connectivity index (χ1v) is 5.37. The van der Waals surface area contributed by atoms with Gasteiger partial charge in [0.1, 0.15) is 5.52 Å². The molecule has 0 atom stereocenters. The van der Waals surface area contributed by atoms with E-state index in [2.05, 4.69) is 4.98 Å². The summed E-state index contributed by atoms with van der Waals surface area (Å²) < 4.78 is 5.60. The number of fused-ring (bicyclic) bond motifs is 1. The van der Waals surface area contributed by atoms with Gasteiger partial charge in [-0.1, -0.05) is 36.1 Å². The van der Waals surface area contributed by atoms with Gasteiger partial charge in [-0.2, -0.15) is 0 Å². The summed E-state index contributed by atoms with van der Waals surface area (Å²) in [5, 5.41) is 11.7. The van der Waals surface area contributed by atoms with Crippen molar-refractivity contribution >= 4 is 11.1 Å². The largest absolute Gasteiger partial charge is 1.00 e. The predicted molar refractivity (Wildman–Crippen MR) is 63.6 cm³/mol. The molecule has 0 fully saturated rings. The summed E-state index contributed by atoms with van der Waals surface area (Å²) in [4.78, 5) is 4.32. The van der Waals surface area contributed by atoms with Gasteiger partial charge in [0.25, 0.3) is 0 Å². The van der Waals surface area contributed by atoms with Crippen LogP contribution in [-0.4, -0.2) is 4.98 Å². The Labute approximate surface area is 117 Å². The second-order valence-electron chi connectivity index (χ2n) is 3.99. The normalized spacial score (nSPS) is 10.3. The maximum atomic E-state index is 11.7. The smallest absolute Gasteiger partial charge is 0.872 e. The van der Waals surface area contributed by atoms with Gasteiger partial charge >= 0.3 is 18.9 Å². The Morgan fingerprint density at radius 3 is 2.67 bits per heavy atom. The number of rotatable bonds is 1. The van der Waals surface area contributed by atoms with Crippen molar-refractivity contribution in [3.8, 4) is 17.2 Å². The third kappa shape index (κ3) is 2.15. The molecule has 0 aliphatic rings. The van der Waals surface area contributed by atoms with Crippen molar-refractivity contribution in [1.29, 1.82) is 0 Å². The summed E-state index contributed by atoms with van der Waals surface area (Å²) in [6.07, 6.45) is 0. The minimum Gasteiger partial charge on any atom is -0.872 e. The summed E-state index contributed by atoms with van der Waals surface area (Å²) in [5.41, 5.74) is 3.09. The second-order valence-corrected chi connectivity index (χ2v) is 3.99. The Balaban J connectivity index is 0.00000120. The van der Waals surface area contributed by atoms with Gasteiger partial charge in [0.2, 0.25) is 5.89 Å². The van der Waals surface area contributed by atoms with Crippen molar-refractivity contribution in [2.45, 2.75) is 6.92 Å². The average molecular weight is 231 g/mol. The van der Waals surface area contributed by atoms with Crippen molar-refractivity contribution in [3.63, 3.8) is 0 Å². The van der Waals surface area contributed by atoms with E-state index in [0.29, 0.717) is 17.0 Å². The van der Waals surface area contributed by atoms with Gasteiger partial charge in [0, 0.05) is 5.56 Å². The molecule has 0 aliphatic carbocycles. The van der Waals surface area contributed by atoms with Gasteiger partial charge in [0.05, 0.1) is 0 Å². The molecule has 2 aromatic carbocycles. The maximum absolute atomic E-state index is 11.7. The minimum absolute atomic E-state index is 0. The molecule has 0 saturated carbocycles. The number of aryl methyl sites for hydroxylation is 1. The molecule has 0 unspecified atom stereocenters. The van der Waals surface area contributed by atoms with Crippen LogP contribution in [0.3, 0.4) is 0 Å².